The Morgan fingerprint density at radius 2 is 2.17 bits per heavy atom. The fourth-order valence-corrected chi connectivity index (χ4v) is 4.51. The van der Waals surface area contributed by atoms with Gasteiger partial charge in [-0.05, 0) is 19.3 Å². The smallest absolute Gasteiger partial charge is 0.194 e. The largest absolute Gasteiger partial charge is 0.357 e. The molecule has 1 saturated heterocycles. The monoisotopic (exact) mass is 408 g/mol. The minimum absolute atomic E-state index is 0.416. The second-order valence-corrected chi connectivity index (χ2v) is 8.39. The van der Waals surface area contributed by atoms with Gasteiger partial charge in [0.15, 0.2) is 5.96 Å². The van der Waals surface area contributed by atoms with Crippen molar-refractivity contribution in [3.05, 3.63) is 59.4 Å². The van der Waals surface area contributed by atoms with E-state index in [0.717, 1.165) is 48.3 Å². The quantitative estimate of drug-likeness (QED) is 0.511. The number of nitrogens with zero attached hydrogens (tertiary/aromatic N) is 5. The lowest BCUT2D eigenvalue weighted by atomic mass is 9.93. The molecule has 7 heteroatoms. The van der Waals surface area contributed by atoms with Crippen LogP contribution in [0.15, 0.2) is 59.4 Å². The van der Waals surface area contributed by atoms with E-state index in [9.17, 15) is 0 Å². The molecule has 1 aliphatic heterocycles. The van der Waals surface area contributed by atoms with Gasteiger partial charge in [-0.15, -0.1) is 11.3 Å². The first kappa shape index (κ1) is 19.6. The lowest BCUT2D eigenvalue weighted by molar-refractivity contribution is 0.189. The van der Waals surface area contributed by atoms with Gasteiger partial charge in [-0.1, -0.05) is 37.3 Å². The highest BCUT2D eigenvalue weighted by Crippen LogP contribution is 2.27. The first-order valence-electron chi connectivity index (χ1n) is 10.2. The molecule has 1 aliphatic rings. The first-order chi connectivity index (χ1) is 14.2. The van der Waals surface area contributed by atoms with Crippen LogP contribution in [0, 0.1) is 5.92 Å². The molecule has 1 N–H and O–H groups in total. The Balaban J connectivity index is 1.47. The average Bonchev–Trinajstić information content (AvgIpc) is 3.45. The van der Waals surface area contributed by atoms with Crippen LogP contribution in [0.2, 0.25) is 0 Å². The normalized spacial score (nSPS) is 20.1. The van der Waals surface area contributed by atoms with Gasteiger partial charge in [0.05, 0.1) is 24.6 Å². The summed E-state index contributed by atoms with van der Waals surface area (Å²) in [5, 5.41) is 6.62. The third-order valence-corrected chi connectivity index (χ3v) is 6.28. The standard InChI is InChI=1S/C22H28N6S/c1-3-24-22(27-11-9-17(2)20(14-27)28-12-10-23-16-28)25-13-21-26-19(15-29-21)18-7-5-4-6-8-18/h4-8,10,12,15-17,20H,3,9,11,13-14H2,1-2H3,(H,24,25). The average molecular weight is 409 g/mol. The highest BCUT2D eigenvalue weighted by atomic mass is 32.1. The van der Waals surface area contributed by atoms with E-state index in [1.807, 2.05) is 30.7 Å². The van der Waals surface area contributed by atoms with Crippen molar-refractivity contribution in [1.29, 1.82) is 0 Å². The van der Waals surface area contributed by atoms with E-state index in [0.29, 0.717) is 18.5 Å². The Labute approximate surface area is 176 Å². The van der Waals surface area contributed by atoms with Crippen molar-refractivity contribution in [1.82, 2.24) is 24.8 Å². The van der Waals surface area contributed by atoms with Crippen molar-refractivity contribution >= 4 is 17.3 Å². The highest BCUT2D eigenvalue weighted by molar-refractivity contribution is 7.09. The molecule has 2 aromatic heterocycles. The van der Waals surface area contributed by atoms with Crippen LogP contribution in [0.4, 0.5) is 0 Å². The first-order valence-corrected chi connectivity index (χ1v) is 11.1. The van der Waals surface area contributed by atoms with Crippen molar-refractivity contribution in [2.24, 2.45) is 10.9 Å². The van der Waals surface area contributed by atoms with Crippen LogP contribution in [-0.2, 0) is 6.54 Å². The van der Waals surface area contributed by atoms with E-state index < -0.39 is 0 Å². The number of rotatable bonds is 5. The molecule has 3 heterocycles. The number of guanidine groups is 1. The predicted molar refractivity (Wildman–Crippen MR) is 119 cm³/mol. The maximum Gasteiger partial charge on any atom is 0.194 e. The van der Waals surface area contributed by atoms with Crippen LogP contribution in [-0.4, -0.2) is 45.0 Å². The number of hydrogen-bond acceptors (Lipinski definition) is 4. The second-order valence-electron chi connectivity index (χ2n) is 7.45. The SMILES string of the molecule is CCNC(=NCc1nc(-c2ccccc2)cs1)N1CCC(C)C(n2ccnc2)C1. The molecule has 0 spiro atoms. The van der Waals surface area contributed by atoms with Crippen molar-refractivity contribution in [3.8, 4) is 11.3 Å². The molecule has 1 fully saturated rings. The van der Waals surface area contributed by atoms with Gasteiger partial charge in [0.1, 0.15) is 5.01 Å². The van der Waals surface area contributed by atoms with Gasteiger partial charge in [-0.3, -0.25) is 0 Å². The number of aromatic nitrogens is 3. The Bertz CT molecular complexity index is 918. The molecule has 2 unspecified atom stereocenters. The van der Waals surface area contributed by atoms with Crippen LogP contribution in [0.3, 0.4) is 0 Å². The number of nitrogens with one attached hydrogen (secondary N) is 1. The lowest BCUT2D eigenvalue weighted by Crippen LogP contribution is -2.49. The summed E-state index contributed by atoms with van der Waals surface area (Å²) in [5.74, 6) is 1.59. The molecule has 6 nitrogen and oxygen atoms in total. The van der Waals surface area contributed by atoms with Gasteiger partial charge >= 0.3 is 0 Å². The van der Waals surface area contributed by atoms with E-state index in [1.165, 1.54) is 0 Å². The van der Waals surface area contributed by atoms with Crippen molar-refractivity contribution in [2.45, 2.75) is 32.9 Å². The van der Waals surface area contributed by atoms with Crippen LogP contribution in [0.1, 0.15) is 31.3 Å². The Hall–Kier alpha value is -2.67. The Morgan fingerprint density at radius 3 is 2.93 bits per heavy atom. The maximum absolute atomic E-state index is 4.91. The van der Waals surface area contributed by atoms with E-state index in [4.69, 9.17) is 9.98 Å². The molecule has 0 saturated carbocycles. The van der Waals surface area contributed by atoms with E-state index in [1.54, 1.807) is 11.3 Å². The number of hydrogen-bond donors (Lipinski definition) is 1. The Kier molecular flexibility index (Phi) is 6.24. The van der Waals surface area contributed by atoms with Crippen molar-refractivity contribution < 1.29 is 0 Å². The number of piperidine rings is 1. The van der Waals surface area contributed by atoms with Crippen LogP contribution >= 0.6 is 11.3 Å². The van der Waals surface area contributed by atoms with Gasteiger partial charge in [-0.2, -0.15) is 0 Å². The molecular weight excluding hydrogens is 380 g/mol. The molecule has 29 heavy (non-hydrogen) atoms. The van der Waals surface area contributed by atoms with E-state index in [-0.39, 0.29) is 0 Å². The van der Waals surface area contributed by atoms with E-state index >= 15 is 0 Å². The molecule has 4 rings (SSSR count). The number of imidazole rings is 1. The minimum atomic E-state index is 0.416. The van der Waals surface area contributed by atoms with Crippen LogP contribution < -0.4 is 5.32 Å². The Morgan fingerprint density at radius 1 is 1.31 bits per heavy atom. The molecule has 0 radical (unpaired) electrons. The number of benzene rings is 1. The van der Waals surface area contributed by atoms with Crippen LogP contribution in [0.25, 0.3) is 11.3 Å². The predicted octanol–water partition coefficient (Wildman–Crippen LogP) is 4.06. The highest BCUT2D eigenvalue weighted by Gasteiger charge is 2.28. The summed E-state index contributed by atoms with van der Waals surface area (Å²) in [6.07, 6.45) is 6.99. The number of likely N-dealkylation sites (tertiary alicyclic amines) is 1. The summed E-state index contributed by atoms with van der Waals surface area (Å²) in [4.78, 5) is 16.3. The summed E-state index contributed by atoms with van der Waals surface area (Å²) in [6, 6.07) is 10.7. The summed E-state index contributed by atoms with van der Waals surface area (Å²) >= 11 is 1.67. The number of aliphatic imine (C=N–C) groups is 1. The topological polar surface area (TPSA) is 58.3 Å². The molecule has 0 bridgehead atoms. The van der Waals surface area contributed by atoms with Gasteiger partial charge in [-0.25, -0.2) is 15.0 Å². The lowest BCUT2D eigenvalue weighted by Gasteiger charge is -2.39. The third kappa shape index (κ3) is 4.67. The summed E-state index contributed by atoms with van der Waals surface area (Å²) in [6.45, 7) is 7.86. The summed E-state index contributed by atoms with van der Waals surface area (Å²) in [5.41, 5.74) is 2.18. The number of thiazole rings is 1. The zero-order valence-electron chi connectivity index (χ0n) is 17.0. The molecule has 152 valence electrons. The zero-order chi connectivity index (χ0) is 20.1. The summed E-state index contributed by atoms with van der Waals surface area (Å²) < 4.78 is 2.23. The van der Waals surface area contributed by atoms with Gasteiger partial charge in [0.25, 0.3) is 0 Å². The fourth-order valence-electron chi connectivity index (χ4n) is 3.79. The third-order valence-electron chi connectivity index (χ3n) is 5.45. The molecule has 3 aromatic rings. The molecule has 0 amide bonds. The molecule has 1 aromatic carbocycles. The van der Waals surface area contributed by atoms with Crippen molar-refractivity contribution in [3.63, 3.8) is 0 Å². The van der Waals surface area contributed by atoms with Crippen molar-refractivity contribution in [2.75, 3.05) is 19.6 Å². The second kappa shape index (κ2) is 9.22. The molecule has 2 atom stereocenters. The molecule has 0 aliphatic carbocycles. The summed E-state index contributed by atoms with van der Waals surface area (Å²) in [7, 11) is 0. The van der Waals surface area contributed by atoms with Crippen LogP contribution in [0.5, 0.6) is 0 Å². The van der Waals surface area contributed by atoms with Gasteiger partial charge in [0, 0.05) is 43.0 Å². The van der Waals surface area contributed by atoms with Gasteiger partial charge in [0.2, 0.25) is 0 Å². The van der Waals surface area contributed by atoms with Gasteiger partial charge < -0.3 is 14.8 Å². The minimum Gasteiger partial charge on any atom is -0.357 e. The molecular formula is C22H28N6S. The zero-order valence-corrected chi connectivity index (χ0v) is 17.8. The van der Waals surface area contributed by atoms with E-state index in [2.05, 4.69) is 57.3 Å². The fraction of sp³-hybridized carbons (Fsp3) is 0.409. The maximum atomic E-state index is 4.91.